The molecule has 1 aliphatic rings. The van der Waals surface area contributed by atoms with Crippen LogP contribution in [0.5, 0.6) is 0 Å². The monoisotopic (exact) mass is 204 g/mol. The number of para-hydroxylation sites is 1. The van der Waals surface area contributed by atoms with Crippen molar-refractivity contribution in [2.45, 2.75) is 0 Å². The molecule has 0 aromatic heterocycles. The lowest BCUT2D eigenvalue weighted by Crippen LogP contribution is -2.30. The molecule has 1 amide bonds. The number of ketones is 1. The summed E-state index contributed by atoms with van der Waals surface area (Å²) >= 11 is 0. The Balaban J connectivity index is 2.63. The number of hydrogen-bond acceptors (Lipinski definition) is 3. The van der Waals surface area contributed by atoms with E-state index in [1.165, 1.54) is 12.1 Å². The van der Waals surface area contributed by atoms with E-state index in [0.29, 0.717) is 0 Å². The van der Waals surface area contributed by atoms with Gasteiger partial charge in [0.2, 0.25) is 0 Å². The van der Waals surface area contributed by atoms with Crippen LogP contribution in [0.15, 0.2) is 18.2 Å². The third-order valence-electron chi connectivity index (χ3n) is 2.17. The Bertz CT molecular complexity index is 505. The highest BCUT2D eigenvalue weighted by Gasteiger charge is 2.37. The van der Waals surface area contributed by atoms with Gasteiger partial charge in [-0.05, 0) is 12.1 Å². The summed E-state index contributed by atoms with van der Waals surface area (Å²) in [5.41, 5.74) is -0.0655. The summed E-state index contributed by atoms with van der Waals surface area (Å²) in [4.78, 5) is 23.6. The maximum absolute atomic E-state index is 13.4. The Labute approximate surface area is 84.5 Å². The molecule has 0 N–H and O–H groups in total. The molecule has 1 aromatic carbocycles. The molecule has 4 nitrogen and oxygen atoms in total. The van der Waals surface area contributed by atoms with E-state index >= 15 is 0 Å². The first kappa shape index (κ1) is 9.34. The average Bonchev–Trinajstić information content (AvgIpc) is 2.46. The molecule has 0 unspecified atom stereocenters. The molecule has 0 spiro atoms. The average molecular weight is 204 g/mol. The van der Waals surface area contributed by atoms with E-state index in [-0.39, 0.29) is 17.8 Å². The van der Waals surface area contributed by atoms with E-state index in [1.807, 2.05) is 0 Å². The molecule has 0 atom stereocenters. The van der Waals surface area contributed by atoms with Crippen molar-refractivity contribution in [1.82, 2.24) is 0 Å². The Morgan fingerprint density at radius 2 is 2.13 bits per heavy atom. The summed E-state index contributed by atoms with van der Waals surface area (Å²) in [6, 6.07) is 5.59. The van der Waals surface area contributed by atoms with Gasteiger partial charge in [-0.25, -0.2) is 4.39 Å². The fraction of sp³-hybridized carbons (Fsp3) is 0.100. The number of hydrogen-bond donors (Lipinski definition) is 0. The third-order valence-corrected chi connectivity index (χ3v) is 2.17. The number of benzene rings is 1. The number of anilines is 1. The number of amides is 1. The molecule has 0 saturated carbocycles. The van der Waals surface area contributed by atoms with Crippen LogP contribution >= 0.6 is 0 Å². The molecular weight excluding hydrogens is 199 g/mol. The third kappa shape index (κ3) is 1.19. The van der Waals surface area contributed by atoms with Crippen LogP contribution in [0.3, 0.4) is 0 Å². The van der Waals surface area contributed by atoms with Crippen LogP contribution in [0.1, 0.15) is 10.4 Å². The lowest BCUT2D eigenvalue weighted by Gasteiger charge is -2.11. The van der Waals surface area contributed by atoms with Crippen molar-refractivity contribution in [3.63, 3.8) is 0 Å². The Morgan fingerprint density at radius 3 is 2.80 bits per heavy atom. The molecule has 0 fully saturated rings. The summed E-state index contributed by atoms with van der Waals surface area (Å²) in [5, 5.41) is 8.47. The largest absolute Gasteiger partial charge is 0.300 e. The molecular formula is C10H5FN2O2. The quantitative estimate of drug-likeness (QED) is 0.504. The van der Waals surface area contributed by atoms with E-state index < -0.39 is 17.5 Å². The van der Waals surface area contributed by atoms with Gasteiger partial charge in [-0.3, -0.25) is 14.5 Å². The number of nitriles is 1. The van der Waals surface area contributed by atoms with Crippen LogP contribution in [-0.2, 0) is 4.79 Å². The number of halogens is 1. The molecule has 5 heteroatoms. The lowest BCUT2D eigenvalue weighted by atomic mass is 10.1. The van der Waals surface area contributed by atoms with E-state index in [4.69, 9.17) is 5.26 Å². The fourth-order valence-corrected chi connectivity index (χ4v) is 1.53. The number of fused-ring (bicyclic) bond motifs is 1. The van der Waals surface area contributed by atoms with Crippen molar-refractivity contribution in [3.05, 3.63) is 29.6 Å². The van der Waals surface area contributed by atoms with Gasteiger partial charge < -0.3 is 0 Å². The Morgan fingerprint density at radius 1 is 1.40 bits per heavy atom. The zero-order valence-corrected chi connectivity index (χ0v) is 7.53. The first-order valence-corrected chi connectivity index (χ1v) is 4.18. The maximum Gasteiger partial charge on any atom is 0.300 e. The summed E-state index contributed by atoms with van der Waals surface area (Å²) in [6.45, 7) is -0.321. The van der Waals surface area contributed by atoms with Gasteiger partial charge in [-0.1, -0.05) is 6.07 Å². The van der Waals surface area contributed by atoms with E-state index in [1.54, 1.807) is 6.07 Å². The van der Waals surface area contributed by atoms with Crippen LogP contribution in [0.4, 0.5) is 10.1 Å². The number of rotatable bonds is 1. The van der Waals surface area contributed by atoms with Crippen molar-refractivity contribution in [1.29, 1.82) is 5.26 Å². The number of carbonyl (C=O) groups excluding carboxylic acids is 2. The molecule has 15 heavy (non-hydrogen) atoms. The molecule has 0 aliphatic carbocycles. The highest BCUT2D eigenvalue weighted by molar-refractivity contribution is 6.52. The summed E-state index contributed by atoms with van der Waals surface area (Å²) in [5.74, 6) is -2.28. The Hall–Kier alpha value is -2.22. The number of nitrogens with zero attached hydrogens (tertiary/aromatic N) is 2. The minimum Gasteiger partial charge on any atom is -0.288 e. The van der Waals surface area contributed by atoms with Gasteiger partial charge >= 0.3 is 0 Å². The molecule has 0 saturated heterocycles. The van der Waals surface area contributed by atoms with Crippen molar-refractivity contribution in [2.24, 2.45) is 0 Å². The second-order valence-electron chi connectivity index (χ2n) is 3.01. The molecule has 1 aromatic rings. The maximum atomic E-state index is 13.4. The van der Waals surface area contributed by atoms with Crippen molar-refractivity contribution >= 4 is 17.4 Å². The SMILES string of the molecule is N#CCN1C(=O)C(=O)c2cccc(F)c21. The molecule has 0 bridgehead atoms. The second-order valence-corrected chi connectivity index (χ2v) is 3.01. The fourth-order valence-electron chi connectivity index (χ4n) is 1.53. The smallest absolute Gasteiger partial charge is 0.288 e. The zero-order chi connectivity index (χ0) is 11.0. The topological polar surface area (TPSA) is 61.2 Å². The van der Waals surface area contributed by atoms with E-state index in [2.05, 4.69) is 0 Å². The van der Waals surface area contributed by atoms with Crippen LogP contribution in [0.25, 0.3) is 0 Å². The van der Waals surface area contributed by atoms with Crippen LogP contribution in [0.2, 0.25) is 0 Å². The molecule has 1 aliphatic heterocycles. The zero-order valence-electron chi connectivity index (χ0n) is 7.53. The van der Waals surface area contributed by atoms with Gasteiger partial charge in [-0.15, -0.1) is 0 Å². The van der Waals surface area contributed by atoms with Crippen molar-refractivity contribution in [2.75, 3.05) is 11.4 Å². The van der Waals surface area contributed by atoms with Crippen LogP contribution < -0.4 is 4.90 Å². The van der Waals surface area contributed by atoms with Gasteiger partial charge in [-0.2, -0.15) is 5.26 Å². The number of Topliss-reactive ketones (excluding diaryl/α,β-unsaturated/α-hetero) is 1. The normalized spacial score (nSPS) is 14.0. The minimum absolute atomic E-state index is 0.0234. The van der Waals surface area contributed by atoms with Gasteiger partial charge in [0.1, 0.15) is 12.4 Å². The number of carbonyl (C=O) groups is 2. The molecule has 2 rings (SSSR count). The van der Waals surface area contributed by atoms with E-state index in [9.17, 15) is 14.0 Å². The first-order valence-electron chi connectivity index (χ1n) is 4.18. The highest BCUT2D eigenvalue weighted by atomic mass is 19.1. The predicted octanol–water partition coefficient (Wildman–Crippen LogP) is 0.879. The molecule has 1 heterocycles. The first-order chi connectivity index (χ1) is 7.16. The minimum atomic E-state index is -0.850. The summed E-state index contributed by atoms with van der Waals surface area (Å²) in [6.07, 6.45) is 0. The molecule has 0 radical (unpaired) electrons. The summed E-state index contributed by atoms with van der Waals surface area (Å²) in [7, 11) is 0. The summed E-state index contributed by atoms with van der Waals surface area (Å²) < 4.78 is 13.4. The predicted molar refractivity (Wildman–Crippen MR) is 48.7 cm³/mol. The van der Waals surface area contributed by atoms with Gasteiger partial charge in [0.15, 0.2) is 0 Å². The van der Waals surface area contributed by atoms with Gasteiger partial charge in [0.25, 0.3) is 11.7 Å². The second kappa shape index (κ2) is 3.17. The molecule has 74 valence electrons. The van der Waals surface area contributed by atoms with Crippen molar-refractivity contribution in [3.8, 4) is 6.07 Å². The van der Waals surface area contributed by atoms with E-state index in [0.717, 1.165) is 11.0 Å². The van der Waals surface area contributed by atoms with Crippen molar-refractivity contribution < 1.29 is 14.0 Å². The highest BCUT2D eigenvalue weighted by Crippen LogP contribution is 2.30. The van der Waals surface area contributed by atoms with Gasteiger partial charge in [0.05, 0.1) is 17.3 Å². The standard InChI is InChI=1S/C10H5FN2O2/c11-7-3-1-2-6-8(7)13(5-4-12)10(15)9(6)14/h1-3H,5H2. The van der Waals surface area contributed by atoms with Crippen LogP contribution in [0, 0.1) is 17.1 Å². The Kier molecular flexibility index (Phi) is 1.97. The van der Waals surface area contributed by atoms with Crippen LogP contribution in [-0.4, -0.2) is 18.2 Å². The lowest BCUT2D eigenvalue weighted by molar-refractivity contribution is -0.114. The van der Waals surface area contributed by atoms with Gasteiger partial charge in [0, 0.05) is 0 Å².